The smallest absolute Gasteiger partial charge is 0.267 e. The second kappa shape index (κ2) is 17.7. The van der Waals surface area contributed by atoms with E-state index >= 15 is 0 Å². The van der Waals surface area contributed by atoms with Gasteiger partial charge in [-0.1, -0.05) is 48.5 Å². The molecule has 4 aromatic rings. The molecular formula is C39H42N6O8. The molecule has 5 N–H and O–H groups in total. The maximum Gasteiger partial charge on any atom is 0.267 e. The number of aromatic nitrogens is 1. The van der Waals surface area contributed by atoms with Gasteiger partial charge in [0.25, 0.3) is 17.7 Å². The van der Waals surface area contributed by atoms with Crippen LogP contribution in [-0.2, 0) is 36.8 Å². The molecule has 5 amide bonds. The van der Waals surface area contributed by atoms with Gasteiger partial charge in [0.15, 0.2) is 0 Å². The van der Waals surface area contributed by atoms with Crippen LogP contribution in [0, 0.1) is 0 Å². The Kier molecular flexibility index (Phi) is 12.4. The van der Waals surface area contributed by atoms with E-state index in [-0.39, 0.29) is 24.0 Å². The van der Waals surface area contributed by atoms with Crippen LogP contribution < -0.4 is 16.1 Å². The minimum Gasteiger partial charge on any atom is -0.382 e. The molecule has 276 valence electrons. The fraction of sp³-hybridized carbons (Fsp3) is 0.308. The van der Waals surface area contributed by atoms with Crippen molar-refractivity contribution in [3.63, 3.8) is 0 Å². The van der Waals surface area contributed by atoms with Gasteiger partial charge in [-0.25, -0.2) is 5.48 Å². The van der Waals surface area contributed by atoms with E-state index in [1.165, 1.54) is 17.0 Å². The van der Waals surface area contributed by atoms with Crippen LogP contribution >= 0.6 is 0 Å². The monoisotopic (exact) mass is 722 g/mol. The van der Waals surface area contributed by atoms with E-state index in [4.69, 9.17) is 14.7 Å². The zero-order chi connectivity index (χ0) is 37.2. The first-order valence-corrected chi connectivity index (χ1v) is 17.5. The van der Waals surface area contributed by atoms with Crippen molar-refractivity contribution in [2.75, 3.05) is 51.4 Å². The summed E-state index contributed by atoms with van der Waals surface area (Å²) in [5.41, 5.74) is 6.80. The van der Waals surface area contributed by atoms with E-state index in [1.807, 2.05) is 36.4 Å². The number of carbonyl (C=O) groups excluding carboxylic acids is 5. The van der Waals surface area contributed by atoms with E-state index in [0.717, 1.165) is 34.5 Å². The number of nitrogens with one attached hydrogen (secondary N) is 4. The SMILES string of the molecule is O=C(/C=C/c1ccc(CN(CCOCCOCCNc2cccc3c2C(=O)N(C2CCC(=O)NC2=O)C3=O)CCc2c[nH]c3ccccc23)cc1)NO. The molecule has 1 unspecified atom stereocenters. The average molecular weight is 723 g/mol. The van der Waals surface area contributed by atoms with Crippen LogP contribution in [0.1, 0.15) is 50.2 Å². The van der Waals surface area contributed by atoms with Crippen molar-refractivity contribution < 1.29 is 38.7 Å². The molecular weight excluding hydrogens is 680 g/mol. The van der Waals surface area contributed by atoms with E-state index in [1.54, 1.807) is 29.8 Å². The van der Waals surface area contributed by atoms with Crippen LogP contribution in [0.3, 0.4) is 0 Å². The predicted octanol–water partition coefficient (Wildman–Crippen LogP) is 3.28. The summed E-state index contributed by atoms with van der Waals surface area (Å²) in [4.78, 5) is 68.3. The van der Waals surface area contributed by atoms with Gasteiger partial charge in [-0.05, 0) is 53.8 Å². The summed E-state index contributed by atoms with van der Waals surface area (Å²) in [7, 11) is 0. The molecule has 1 fully saturated rings. The van der Waals surface area contributed by atoms with Gasteiger partial charge in [0.05, 0.1) is 37.6 Å². The lowest BCUT2D eigenvalue weighted by Gasteiger charge is -2.27. The quantitative estimate of drug-likeness (QED) is 0.0336. The Bertz CT molecular complexity index is 1990. The number of H-pyrrole nitrogens is 1. The minimum atomic E-state index is -1.02. The molecule has 0 saturated carbocycles. The van der Waals surface area contributed by atoms with Gasteiger partial charge in [-0.2, -0.15) is 0 Å². The van der Waals surface area contributed by atoms with Crippen LogP contribution in [0.2, 0.25) is 0 Å². The molecule has 2 aliphatic heterocycles. The van der Waals surface area contributed by atoms with Gasteiger partial charge in [0, 0.05) is 61.5 Å². The van der Waals surface area contributed by atoms with Crippen molar-refractivity contribution in [2.45, 2.75) is 31.8 Å². The summed E-state index contributed by atoms with van der Waals surface area (Å²) < 4.78 is 11.7. The number of para-hydroxylation sites is 1. The van der Waals surface area contributed by atoms with Crippen LogP contribution in [-0.4, -0.2) is 102 Å². The van der Waals surface area contributed by atoms with Crippen molar-refractivity contribution in [3.05, 3.63) is 107 Å². The summed E-state index contributed by atoms with van der Waals surface area (Å²) in [5.74, 6) is -2.77. The zero-order valence-electron chi connectivity index (χ0n) is 29.1. The second-order valence-electron chi connectivity index (χ2n) is 12.8. The molecule has 0 bridgehead atoms. The maximum absolute atomic E-state index is 13.3. The second-order valence-corrected chi connectivity index (χ2v) is 12.8. The van der Waals surface area contributed by atoms with Gasteiger partial charge in [-0.3, -0.25) is 44.3 Å². The first-order valence-electron chi connectivity index (χ1n) is 17.5. The van der Waals surface area contributed by atoms with E-state index < -0.39 is 35.6 Å². The van der Waals surface area contributed by atoms with E-state index in [0.29, 0.717) is 51.7 Å². The molecule has 2 aliphatic rings. The Balaban J connectivity index is 0.948. The molecule has 0 radical (unpaired) electrons. The van der Waals surface area contributed by atoms with Gasteiger partial charge in [-0.15, -0.1) is 0 Å². The molecule has 0 spiro atoms. The number of hydrogen-bond acceptors (Lipinski definition) is 10. The largest absolute Gasteiger partial charge is 0.382 e. The average Bonchev–Trinajstić information content (AvgIpc) is 3.70. The highest BCUT2D eigenvalue weighted by Gasteiger charge is 2.45. The number of anilines is 1. The van der Waals surface area contributed by atoms with E-state index in [2.05, 4.69) is 38.8 Å². The Morgan fingerprint density at radius 3 is 2.51 bits per heavy atom. The first kappa shape index (κ1) is 37.1. The Morgan fingerprint density at radius 2 is 1.72 bits per heavy atom. The van der Waals surface area contributed by atoms with Crippen molar-refractivity contribution in [1.82, 2.24) is 25.6 Å². The van der Waals surface area contributed by atoms with Crippen molar-refractivity contribution in [1.29, 1.82) is 0 Å². The molecule has 6 rings (SSSR count). The molecule has 1 saturated heterocycles. The molecule has 14 heteroatoms. The molecule has 3 heterocycles. The highest BCUT2D eigenvalue weighted by molar-refractivity contribution is 6.25. The number of amides is 5. The third-order valence-electron chi connectivity index (χ3n) is 9.25. The lowest BCUT2D eigenvalue weighted by molar-refractivity contribution is -0.136. The lowest BCUT2D eigenvalue weighted by Crippen LogP contribution is -2.54. The van der Waals surface area contributed by atoms with Gasteiger partial charge < -0.3 is 19.8 Å². The molecule has 3 aromatic carbocycles. The first-order chi connectivity index (χ1) is 25.8. The predicted molar refractivity (Wildman–Crippen MR) is 196 cm³/mol. The maximum atomic E-state index is 13.3. The number of ether oxygens (including phenoxy) is 2. The zero-order valence-corrected chi connectivity index (χ0v) is 29.1. The van der Waals surface area contributed by atoms with Crippen LogP contribution in [0.25, 0.3) is 17.0 Å². The molecule has 1 aromatic heterocycles. The fourth-order valence-corrected chi connectivity index (χ4v) is 6.52. The summed E-state index contributed by atoms with van der Waals surface area (Å²) in [6, 6.07) is 20.0. The number of rotatable bonds is 18. The highest BCUT2D eigenvalue weighted by Crippen LogP contribution is 2.32. The number of nitrogens with zero attached hydrogens (tertiary/aromatic N) is 2. The fourth-order valence-electron chi connectivity index (χ4n) is 6.52. The van der Waals surface area contributed by atoms with Gasteiger partial charge in [0.2, 0.25) is 11.8 Å². The summed E-state index contributed by atoms with van der Waals surface area (Å²) >= 11 is 0. The number of carbonyl (C=O) groups is 5. The summed E-state index contributed by atoms with van der Waals surface area (Å²) in [5, 5.41) is 15.3. The van der Waals surface area contributed by atoms with Gasteiger partial charge >= 0.3 is 0 Å². The van der Waals surface area contributed by atoms with E-state index in [9.17, 15) is 24.0 Å². The summed E-state index contributed by atoms with van der Waals surface area (Å²) in [6.07, 6.45) is 5.97. The van der Waals surface area contributed by atoms with Crippen molar-refractivity contribution in [3.8, 4) is 0 Å². The van der Waals surface area contributed by atoms with Crippen molar-refractivity contribution >= 4 is 52.2 Å². The van der Waals surface area contributed by atoms with Crippen LogP contribution in [0.5, 0.6) is 0 Å². The summed E-state index contributed by atoms with van der Waals surface area (Å²) in [6.45, 7) is 4.19. The molecule has 53 heavy (non-hydrogen) atoms. The highest BCUT2D eigenvalue weighted by atomic mass is 16.5. The topological polar surface area (TPSA) is 182 Å². The number of fused-ring (bicyclic) bond motifs is 2. The Labute approximate surface area is 306 Å². The Morgan fingerprint density at radius 1 is 0.925 bits per heavy atom. The Hall–Kier alpha value is -5.67. The number of aromatic amines is 1. The molecule has 14 nitrogen and oxygen atoms in total. The minimum absolute atomic E-state index is 0.0599. The molecule has 1 atom stereocenters. The number of benzene rings is 3. The van der Waals surface area contributed by atoms with Crippen LogP contribution in [0.4, 0.5) is 5.69 Å². The number of piperidine rings is 1. The standard InChI is InChI=1S/C39H42N6O8/c46-34-15-13-33(37(48)42-34)45-38(49)30-5-3-7-32(36(30)39(45)50)40-17-20-52-22-23-53-21-19-44(18-16-28-24-41-31-6-2-1-4-29(28)31)25-27-10-8-26(9-11-27)12-14-35(47)43-51/h1-12,14,24,33,40-41,51H,13,15-23,25H2,(H,43,47)(H,42,46,48)/b14-12+. The third-order valence-corrected chi connectivity index (χ3v) is 9.25. The van der Waals surface area contributed by atoms with Crippen LogP contribution in [0.15, 0.2) is 79.0 Å². The number of imide groups is 2. The molecule has 0 aliphatic carbocycles. The van der Waals surface area contributed by atoms with Gasteiger partial charge in [0.1, 0.15) is 6.04 Å². The number of hydroxylamine groups is 1. The third kappa shape index (κ3) is 9.23. The normalized spacial score (nSPS) is 15.8. The number of hydrogen-bond donors (Lipinski definition) is 5. The lowest BCUT2D eigenvalue weighted by atomic mass is 10.0. The van der Waals surface area contributed by atoms with Crippen molar-refractivity contribution in [2.24, 2.45) is 0 Å².